The summed E-state index contributed by atoms with van der Waals surface area (Å²) in [6, 6.07) is 3.45. The molecule has 0 aromatic carbocycles. The highest BCUT2D eigenvalue weighted by molar-refractivity contribution is 6.08. The fourth-order valence-electron chi connectivity index (χ4n) is 4.10. The minimum atomic E-state index is -0.765. The van der Waals surface area contributed by atoms with E-state index in [0.717, 1.165) is 25.7 Å². The number of likely N-dealkylation sites (tertiary alicyclic amines) is 1. The molecule has 0 saturated carbocycles. The zero-order valence-electron chi connectivity index (χ0n) is 15.5. The van der Waals surface area contributed by atoms with Crippen LogP contribution in [0.15, 0.2) is 24.5 Å². The first kappa shape index (κ1) is 18.4. The van der Waals surface area contributed by atoms with Gasteiger partial charge in [-0.25, -0.2) is 0 Å². The van der Waals surface area contributed by atoms with Crippen molar-refractivity contribution in [3.63, 3.8) is 0 Å². The molecule has 0 aliphatic carbocycles. The lowest BCUT2D eigenvalue weighted by Gasteiger charge is -2.42. The summed E-state index contributed by atoms with van der Waals surface area (Å²) in [4.78, 5) is 33.0. The van der Waals surface area contributed by atoms with E-state index >= 15 is 0 Å². The van der Waals surface area contributed by atoms with E-state index < -0.39 is 5.54 Å². The van der Waals surface area contributed by atoms with Gasteiger partial charge in [-0.05, 0) is 31.4 Å². The van der Waals surface area contributed by atoms with Crippen molar-refractivity contribution in [2.24, 2.45) is 5.92 Å². The van der Waals surface area contributed by atoms with Crippen LogP contribution >= 0.6 is 0 Å². The van der Waals surface area contributed by atoms with Gasteiger partial charge in [0, 0.05) is 44.0 Å². The van der Waals surface area contributed by atoms with Crippen molar-refractivity contribution in [1.82, 2.24) is 20.1 Å². The van der Waals surface area contributed by atoms with Crippen LogP contribution in [0.2, 0.25) is 0 Å². The predicted octanol–water partition coefficient (Wildman–Crippen LogP) is 1.86. The van der Waals surface area contributed by atoms with Crippen LogP contribution in [0.1, 0.15) is 49.4 Å². The van der Waals surface area contributed by atoms with Crippen LogP contribution in [0, 0.1) is 11.3 Å². The SMILES string of the molecule is CCCC[C@]1(C2CCCN(C(=O)c3ccncc3)C2)NC(=N)N(C)C1=O. The fourth-order valence-corrected chi connectivity index (χ4v) is 4.10. The second kappa shape index (κ2) is 7.43. The number of guanidine groups is 1. The number of amides is 2. The Morgan fingerprint density at radius 1 is 1.42 bits per heavy atom. The Bertz CT molecular complexity index is 692. The standard InChI is InChI=1S/C19H27N5O2/c1-3-4-9-19(17(26)23(2)18(20)22-19)15-6-5-12-24(13-15)16(25)14-7-10-21-11-8-14/h7-8,10-11,15H,3-6,9,12-13H2,1-2H3,(H2,20,22)/t15?,19-/m1/s1. The Labute approximate surface area is 154 Å². The van der Waals surface area contributed by atoms with Gasteiger partial charge in [0.1, 0.15) is 5.54 Å². The molecule has 1 aromatic rings. The van der Waals surface area contributed by atoms with Gasteiger partial charge in [-0.1, -0.05) is 19.8 Å². The maximum Gasteiger partial charge on any atom is 0.255 e. The number of hydrogen-bond acceptors (Lipinski definition) is 4. The summed E-state index contributed by atoms with van der Waals surface area (Å²) in [7, 11) is 1.65. The molecule has 2 aliphatic rings. The van der Waals surface area contributed by atoms with E-state index in [2.05, 4.69) is 17.2 Å². The van der Waals surface area contributed by atoms with Crippen LogP contribution in [-0.2, 0) is 4.79 Å². The largest absolute Gasteiger partial charge is 0.341 e. The lowest BCUT2D eigenvalue weighted by atomic mass is 9.75. The van der Waals surface area contributed by atoms with Crippen LogP contribution in [-0.4, -0.2) is 58.2 Å². The number of unbranched alkanes of at least 4 members (excludes halogenated alkanes) is 1. The van der Waals surface area contributed by atoms with E-state index in [-0.39, 0.29) is 23.7 Å². The Kier molecular flexibility index (Phi) is 5.25. The summed E-state index contributed by atoms with van der Waals surface area (Å²) in [6.45, 7) is 3.33. The molecule has 7 nitrogen and oxygen atoms in total. The van der Waals surface area contributed by atoms with Crippen molar-refractivity contribution in [3.8, 4) is 0 Å². The molecule has 2 N–H and O–H groups in total. The maximum atomic E-state index is 13.0. The third-order valence-electron chi connectivity index (χ3n) is 5.62. The molecule has 0 spiro atoms. The van der Waals surface area contributed by atoms with Gasteiger partial charge in [0.25, 0.3) is 11.8 Å². The summed E-state index contributed by atoms with van der Waals surface area (Å²) in [5, 5.41) is 11.3. The van der Waals surface area contributed by atoms with E-state index in [1.165, 1.54) is 4.90 Å². The molecule has 0 radical (unpaired) electrons. The fraction of sp³-hybridized carbons (Fsp3) is 0.579. The van der Waals surface area contributed by atoms with Gasteiger partial charge in [-0.2, -0.15) is 0 Å². The smallest absolute Gasteiger partial charge is 0.255 e. The van der Waals surface area contributed by atoms with Crippen molar-refractivity contribution in [3.05, 3.63) is 30.1 Å². The van der Waals surface area contributed by atoms with Gasteiger partial charge in [0.15, 0.2) is 5.96 Å². The Balaban J connectivity index is 1.83. The topological polar surface area (TPSA) is 89.4 Å². The minimum Gasteiger partial charge on any atom is -0.341 e. The number of nitrogens with zero attached hydrogens (tertiary/aromatic N) is 3. The molecule has 2 aliphatic heterocycles. The first-order chi connectivity index (χ1) is 12.5. The Hall–Kier alpha value is -2.44. The number of carbonyl (C=O) groups excluding carboxylic acids is 2. The molecule has 2 amide bonds. The molecule has 7 heteroatoms. The molecular weight excluding hydrogens is 330 g/mol. The average Bonchev–Trinajstić information content (AvgIpc) is 2.91. The van der Waals surface area contributed by atoms with E-state index in [9.17, 15) is 9.59 Å². The van der Waals surface area contributed by atoms with Gasteiger partial charge in [0.05, 0.1) is 0 Å². The van der Waals surface area contributed by atoms with Gasteiger partial charge >= 0.3 is 0 Å². The summed E-state index contributed by atoms with van der Waals surface area (Å²) < 4.78 is 0. The third-order valence-corrected chi connectivity index (χ3v) is 5.62. The minimum absolute atomic E-state index is 0.00591. The number of pyridine rings is 1. The zero-order valence-corrected chi connectivity index (χ0v) is 15.5. The number of carbonyl (C=O) groups is 2. The van der Waals surface area contributed by atoms with Crippen LogP contribution in [0.25, 0.3) is 0 Å². The van der Waals surface area contributed by atoms with Crippen molar-refractivity contribution in [2.75, 3.05) is 20.1 Å². The maximum absolute atomic E-state index is 13.0. The van der Waals surface area contributed by atoms with Crippen molar-refractivity contribution < 1.29 is 9.59 Å². The van der Waals surface area contributed by atoms with Crippen LogP contribution in [0.5, 0.6) is 0 Å². The van der Waals surface area contributed by atoms with Gasteiger partial charge < -0.3 is 10.2 Å². The highest BCUT2D eigenvalue weighted by atomic mass is 16.2. The highest BCUT2D eigenvalue weighted by Crippen LogP contribution is 2.36. The van der Waals surface area contributed by atoms with E-state index in [0.29, 0.717) is 25.1 Å². The monoisotopic (exact) mass is 357 g/mol. The summed E-state index contributed by atoms with van der Waals surface area (Å²) in [5.74, 6) is 0.103. The number of nitrogens with one attached hydrogen (secondary N) is 2. The number of aromatic nitrogens is 1. The summed E-state index contributed by atoms with van der Waals surface area (Å²) >= 11 is 0. The average molecular weight is 357 g/mol. The zero-order chi connectivity index (χ0) is 18.7. The second-order valence-corrected chi connectivity index (χ2v) is 7.24. The quantitative estimate of drug-likeness (QED) is 0.842. The van der Waals surface area contributed by atoms with Crippen molar-refractivity contribution in [1.29, 1.82) is 5.41 Å². The van der Waals surface area contributed by atoms with E-state index in [4.69, 9.17) is 5.41 Å². The molecule has 3 heterocycles. The highest BCUT2D eigenvalue weighted by Gasteiger charge is 2.53. The number of likely N-dealkylation sites (N-methyl/N-ethyl adjacent to an activating group) is 1. The molecule has 0 bridgehead atoms. The van der Waals surface area contributed by atoms with E-state index in [1.54, 1.807) is 31.6 Å². The number of hydrogen-bond donors (Lipinski definition) is 2. The first-order valence-electron chi connectivity index (χ1n) is 9.33. The van der Waals surface area contributed by atoms with Gasteiger partial charge in [0.2, 0.25) is 0 Å². The molecule has 2 saturated heterocycles. The molecule has 1 unspecified atom stereocenters. The molecule has 3 rings (SSSR count). The van der Waals surface area contributed by atoms with Crippen molar-refractivity contribution in [2.45, 2.75) is 44.6 Å². The molecule has 140 valence electrons. The number of piperidine rings is 1. The third kappa shape index (κ3) is 3.18. The molecular formula is C19H27N5O2. The van der Waals surface area contributed by atoms with Crippen LogP contribution in [0.4, 0.5) is 0 Å². The van der Waals surface area contributed by atoms with Gasteiger partial charge in [-0.15, -0.1) is 0 Å². The lowest BCUT2D eigenvalue weighted by molar-refractivity contribution is -0.133. The Morgan fingerprint density at radius 2 is 2.15 bits per heavy atom. The molecule has 1 aromatic heterocycles. The van der Waals surface area contributed by atoms with E-state index in [1.807, 2.05) is 4.90 Å². The Morgan fingerprint density at radius 3 is 2.77 bits per heavy atom. The van der Waals surface area contributed by atoms with Gasteiger partial charge in [-0.3, -0.25) is 24.9 Å². The van der Waals surface area contributed by atoms with Crippen molar-refractivity contribution >= 4 is 17.8 Å². The summed E-state index contributed by atoms with van der Waals surface area (Å²) in [6.07, 6.45) is 7.57. The number of rotatable bonds is 5. The van der Waals surface area contributed by atoms with Crippen LogP contribution < -0.4 is 5.32 Å². The normalized spacial score (nSPS) is 26.2. The second-order valence-electron chi connectivity index (χ2n) is 7.24. The molecule has 2 fully saturated rings. The molecule has 2 atom stereocenters. The summed E-state index contributed by atoms with van der Waals surface area (Å²) in [5.41, 5.74) is -0.141. The van der Waals surface area contributed by atoms with Crippen LogP contribution in [0.3, 0.4) is 0 Å². The lowest BCUT2D eigenvalue weighted by Crippen LogP contribution is -2.58. The predicted molar refractivity (Wildman–Crippen MR) is 98.8 cm³/mol. The first-order valence-corrected chi connectivity index (χ1v) is 9.33. The molecule has 26 heavy (non-hydrogen) atoms.